The Morgan fingerprint density at radius 3 is 2.56 bits per heavy atom. The molecule has 1 unspecified atom stereocenters. The van der Waals surface area contributed by atoms with Gasteiger partial charge in [0.25, 0.3) is 0 Å². The second-order valence-corrected chi connectivity index (χ2v) is 6.33. The van der Waals surface area contributed by atoms with Crippen LogP contribution in [0.5, 0.6) is 0 Å². The molecule has 0 aromatic rings. The van der Waals surface area contributed by atoms with Gasteiger partial charge >= 0.3 is 0 Å². The Balaban J connectivity index is 1.66. The van der Waals surface area contributed by atoms with E-state index in [0.29, 0.717) is 5.41 Å². The fraction of sp³-hybridized carbons (Fsp3) is 1.00. The van der Waals surface area contributed by atoms with Crippen LogP contribution in [-0.2, 0) is 4.74 Å². The van der Waals surface area contributed by atoms with E-state index in [-0.39, 0.29) is 0 Å². The van der Waals surface area contributed by atoms with E-state index in [9.17, 15) is 0 Å². The molecule has 0 aromatic carbocycles. The van der Waals surface area contributed by atoms with E-state index in [2.05, 4.69) is 19.2 Å². The van der Waals surface area contributed by atoms with Crippen LogP contribution < -0.4 is 5.32 Å². The number of rotatable bonds is 5. The number of hydrogen-bond donors (Lipinski definition) is 1. The van der Waals surface area contributed by atoms with Gasteiger partial charge in [-0.3, -0.25) is 0 Å². The summed E-state index contributed by atoms with van der Waals surface area (Å²) in [5.41, 5.74) is 0.482. The molecule has 1 atom stereocenters. The number of hydrogen-bond acceptors (Lipinski definition) is 2. The third kappa shape index (κ3) is 3.21. The maximum atomic E-state index is 5.40. The molecule has 1 aliphatic heterocycles. The molecule has 94 valence electrons. The van der Waals surface area contributed by atoms with E-state index in [0.717, 1.165) is 31.6 Å². The number of nitrogens with one attached hydrogen (secondary N) is 1. The second-order valence-electron chi connectivity index (χ2n) is 6.33. The predicted molar refractivity (Wildman–Crippen MR) is 67.5 cm³/mol. The molecule has 2 nitrogen and oxygen atoms in total. The smallest absolute Gasteiger partial charge is 0.0507 e. The first-order valence-corrected chi connectivity index (χ1v) is 6.97. The van der Waals surface area contributed by atoms with Crippen LogP contribution in [0.25, 0.3) is 0 Å². The molecule has 2 rings (SSSR count). The molecule has 2 heteroatoms. The summed E-state index contributed by atoms with van der Waals surface area (Å²) in [4.78, 5) is 0. The first-order chi connectivity index (χ1) is 7.68. The summed E-state index contributed by atoms with van der Waals surface area (Å²) in [6, 6.07) is 0. The molecule has 1 saturated heterocycles. The van der Waals surface area contributed by atoms with Gasteiger partial charge < -0.3 is 10.1 Å². The van der Waals surface area contributed by atoms with Crippen molar-refractivity contribution in [3.05, 3.63) is 0 Å². The zero-order valence-corrected chi connectivity index (χ0v) is 10.9. The SMILES string of the molecule is CC(C)(CNCC1CCOC1)C1CCCC1. The van der Waals surface area contributed by atoms with Gasteiger partial charge in [-0.2, -0.15) is 0 Å². The van der Waals surface area contributed by atoms with Crippen LogP contribution in [0.2, 0.25) is 0 Å². The Labute approximate surface area is 100 Å². The fourth-order valence-corrected chi connectivity index (χ4v) is 3.19. The highest BCUT2D eigenvalue weighted by atomic mass is 16.5. The van der Waals surface area contributed by atoms with Crippen LogP contribution >= 0.6 is 0 Å². The topological polar surface area (TPSA) is 21.3 Å². The molecule has 0 spiro atoms. The maximum Gasteiger partial charge on any atom is 0.0507 e. The standard InChI is InChI=1S/C14H27NO/c1-14(2,13-5-3-4-6-13)11-15-9-12-7-8-16-10-12/h12-13,15H,3-11H2,1-2H3. The monoisotopic (exact) mass is 225 g/mol. The molecular weight excluding hydrogens is 198 g/mol. The van der Waals surface area contributed by atoms with Crippen molar-refractivity contribution in [2.24, 2.45) is 17.3 Å². The molecule has 1 saturated carbocycles. The molecule has 0 bridgehead atoms. The van der Waals surface area contributed by atoms with Gasteiger partial charge in [0.2, 0.25) is 0 Å². The van der Waals surface area contributed by atoms with Gasteiger partial charge in [-0.1, -0.05) is 26.7 Å². The van der Waals surface area contributed by atoms with Crippen molar-refractivity contribution in [3.63, 3.8) is 0 Å². The van der Waals surface area contributed by atoms with Crippen LogP contribution in [0, 0.1) is 17.3 Å². The van der Waals surface area contributed by atoms with Crippen molar-refractivity contribution in [1.82, 2.24) is 5.32 Å². The Morgan fingerprint density at radius 1 is 1.19 bits per heavy atom. The summed E-state index contributed by atoms with van der Waals surface area (Å²) in [6.45, 7) is 9.13. The molecule has 1 N–H and O–H groups in total. The molecule has 16 heavy (non-hydrogen) atoms. The summed E-state index contributed by atoms with van der Waals surface area (Å²) in [6.07, 6.45) is 7.04. The van der Waals surface area contributed by atoms with E-state index < -0.39 is 0 Å². The zero-order valence-electron chi connectivity index (χ0n) is 10.9. The van der Waals surface area contributed by atoms with Gasteiger partial charge in [-0.25, -0.2) is 0 Å². The molecule has 1 aliphatic carbocycles. The van der Waals surface area contributed by atoms with Gasteiger partial charge in [-0.15, -0.1) is 0 Å². The minimum atomic E-state index is 0.482. The summed E-state index contributed by atoms with van der Waals surface area (Å²) < 4.78 is 5.40. The van der Waals surface area contributed by atoms with Crippen LogP contribution in [0.3, 0.4) is 0 Å². The van der Waals surface area contributed by atoms with Crippen molar-refractivity contribution < 1.29 is 4.74 Å². The minimum absolute atomic E-state index is 0.482. The summed E-state index contributed by atoms with van der Waals surface area (Å²) in [5.74, 6) is 1.71. The Morgan fingerprint density at radius 2 is 1.94 bits per heavy atom. The van der Waals surface area contributed by atoms with Crippen molar-refractivity contribution in [3.8, 4) is 0 Å². The quantitative estimate of drug-likeness (QED) is 0.777. The average molecular weight is 225 g/mol. The molecule has 0 aromatic heterocycles. The lowest BCUT2D eigenvalue weighted by Crippen LogP contribution is -2.37. The second kappa shape index (κ2) is 5.50. The lowest BCUT2D eigenvalue weighted by atomic mass is 9.77. The first-order valence-electron chi connectivity index (χ1n) is 6.97. The van der Waals surface area contributed by atoms with Crippen LogP contribution in [0.1, 0.15) is 46.0 Å². The van der Waals surface area contributed by atoms with Gasteiger partial charge in [-0.05, 0) is 36.5 Å². The molecular formula is C14H27NO. The van der Waals surface area contributed by atoms with E-state index >= 15 is 0 Å². The van der Waals surface area contributed by atoms with E-state index in [4.69, 9.17) is 4.74 Å². The maximum absolute atomic E-state index is 5.40. The van der Waals surface area contributed by atoms with Crippen LogP contribution in [0.15, 0.2) is 0 Å². The average Bonchev–Trinajstić information content (AvgIpc) is 2.90. The van der Waals surface area contributed by atoms with E-state index in [1.54, 1.807) is 0 Å². The molecule has 2 aliphatic rings. The largest absolute Gasteiger partial charge is 0.381 e. The Hall–Kier alpha value is -0.0800. The predicted octanol–water partition coefficient (Wildman–Crippen LogP) is 2.83. The summed E-state index contributed by atoms with van der Waals surface area (Å²) in [7, 11) is 0. The Kier molecular flexibility index (Phi) is 4.26. The van der Waals surface area contributed by atoms with Crippen molar-refractivity contribution in [1.29, 1.82) is 0 Å². The van der Waals surface area contributed by atoms with Gasteiger partial charge in [0.15, 0.2) is 0 Å². The number of ether oxygens (including phenoxy) is 1. The summed E-state index contributed by atoms with van der Waals surface area (Å²) >= 11 is 0. The molecule has 1 heterocycles. The third-order valence-corrected chi connectivity index (χ3v) is 4.50. The van der Waals surface area contributed by atoms with Crippen LogP contribution in [0.4, 0.5) is 0 Å². The van der Waals surface area contributed by atoms with Gasteiger partial charge in [0.05, 0.1) is 6.61 Å². The normalized spacial score (nSPS) is 27.8. The van der Waals surface area contributed by atoms with Crippen molar-refractivity contribution in [2.45, 2.75) is 46.0 Å². The molecule has 2 fully saturated rings. The lowest BCUT2D eigenvalue weighted by molar-refractivity contribution is 0.179. The summed E-state index contributed by atoms with van der Waals surface area (Å²) in [5, 5.41) is 3.66. The van der Waals surface area contributed by atoms with Gasteiger partial charge in [0.1, 0.15) is 0 Å². The first kappa shape index (κ1) is 12.4. The van der Waals surface area contributed by atoms with E-state index in [1.165, 1.54) is 38.6 Å². The highest BCUT2D eigenvalue weighted by Crippen LogP contribution is 2.39. The van der Waals surface area contributed by atoms with Crippen molar-refractivity contribution in [2.75, 3.05) is 26.3 Å². The Bertz CT molecular complexity index is 203. The minimum Gasteiger partial charge on any atom is -0.381 e. The lowest BCUT2D eigenvalue weighted by Gasteiger charge is -2.32. The van der Waals surface area contributed by atoms with Gasteiger partial charge in [0, 0.05) is 19.7 Å². The van der Waals surface area contributed by atoms with E-state index in [1.807, 2.05) is 0 Å². The third-order valence-electron chi connectivity index (χ3n) is 4.50. The molecule has 0 amide bonds. The highest BCUT2D eigenvalue weighted by Gasteiger charge is 2.31. The van der Waals surface area contributed by atoms with Crippen molar-refractivity contribution >= 4 is 0 Å². The molecule has 0 radical (unpaired) electrons. The van der Waals surface area contributed by atoms with Crippen LogP contribution in [-0.4, -0.2) is 26.3 Å². The fourth-order valence-electron chi connectivity index (χ4n) is 3.19. The highest BCUT2D eigenvalue weighted by molar-refractivity contribution is 4.84. The zero-order chi connectivity index (χ0) is 11.4.